The first kappa shape index (κ1) is 64.0. The van der Waals surface area contributed by atoms with Gasteiger partial charge in [0.2, 0.25) is 0 Å². The van der Waals surface area contributed by atoms with Gasteiger partial charge in [0, 0.05) is 127 Å². The maximum Gasteiger partial charge on any atom is 0.268 e. The average molecular weight is 1580 g/mol. The average Bonchev–Trinajstić information content (AvgIpc) is 0.876. The number of ether oxygens (including phenoxy) is 2. The van der Waals surface area contributed by atoms with Gasteiger partial charge in [-0.05, 0) is 235 Å². The predicted molar refractivity (Wildman–Crippen MR) is 510 cm³/mol. The highest BCUT2D eigenvalue weighted by Gasteiger charge is 2.52. The van der Waals surface area contributed by atoms with Gasteiger partial charge in [0.1, 0.15) is 23.0 Å². The van der Waals surface area contributed by atoms with Crippen LogP contribution in [0, 0.1) is 41.5 Å². The van der Waals surface area contributed by atoms with Crippen LogP contribution in [-0.4, -0.2) is 20.1 Å². The van der Waals surface area contributed by atoms with E-state index in [-0.39, 0.29) is 42.0 Å². The maximum atomic E-state index is 11.7. The van der Waals surface area contributed by atoms with Crippen molar-refractivity contribution >= 4 is 225 Å². The number of benzene rings is 16. The van der Waals surface area contributed by atoms with Crippen molar-refractivity contribution in [3.63, 3.8) is 0 Å². The molecule has 568 valence electrons. The Morgan fingerprint density at radius 2 is 0.683 bits per heavy atom. The topological polar surface area (TPSA) is 49.9 Å². The molecule has 6 aliphatic rings. The lowest BCUT2D eigenvalue weighted by molar-refractivity contribution is 0.488. The first-order chi connectivity index (χ1) is 61.6. The van der Waals surface area contributed by atoms with Gasteiger partial charge in [0.25, 0.3) is 20.1 Å². The molecule has 0 spiro atoms. The van der Waals surface area contributed by atoms with Gasteiger partial charge in [-0.1, -0.05) is 205 Å². The van der Waals surface area contributed by atoms with Crippen LogP contribution in [-0.2, 0) is 0 Å². The fourth-order valence-corrected chi connectivity index (χ4v) is 22.6. The molecule has 0 saturated carbocycles. The van der Waals surface area contributed by atoms with E-state index >= 15 is 0 Å². The molecule has 0 atom stereocenters. The zero-order valence-electron chi connectivity index (χ0n) is 72.5. The van der Waals surface area contributed by atoms with E-state index in [1.54, 1.807) is 22.7 Å². The van der Waals surface area contributed by atoms with Crippen molar-refractivity contribution in [1.82, 2.24) is 0 Å². The molecule has 0 bridgehead atoms. The van der Waals surface area contributed by atoms with Crippen LogP contribution in [0.2, 0.25) is 0 Å². The summed E-state index contributed by atoms with van der Waals surface area (Å²) in [6.07, 6.45) is 0. The Hall–Kier alpha value is -14.2. The van der Waals surface area contributed by atoms with Crippen molar-refractivity contribution in [2.24, 2.45) is 0 Å². The van der Waals surface area contributed by atoms with E-state index in [1.165, 1.54) is 0 Å². The summed E-state index contributed by atoms with van der Waals surface area (Å²) in [5.41, 5.74) is 25.5. The van der Waals surface area contributed by atoms with Crippen molar-refractivity contribution in [1.29, 1.82) is 0 Å². The molecule has 2 aromatic heterocycles. The molecule has 14 heteroatoms. The summed E-state index contributed by atoms with van der Waals surface area (Å²) >= 11 is 3.42. The van der Waals surface area contributed by atoms with Crippen LogP contribution in [0.5, 0.6) is 23.0 Å². The standard InChI is InChI=1S/C106H76B3N7O2S2/c1-64-50-66(3)101(67(4)51-64)115-88-62-86-82(108-98-87(110-86)54-77(111(70-32-14-7-15-33-70)71-34-16-8-17-35-71)55-90(98)114(76-44-26-13-27-45-76)103-80-46-28-30-48-96(80)119-105(103)108)60-83(88)107-85-61-84-89(63-93(85)117-94-58-78(56-91(115)99(94)107)112(72-36-18-9-19-37-72)73-38-20-10-21-39-73)116(102-68(5)52-65(2)53-69(102)6)92-57-79(113(74-40-22-11-23-41-74)75-42-24-12-25-43-75)59-95-100(92)109(84)106-104(118-95)81-47-29-31-49-97(81)120-106/h7-63,110H,1-6H3/i54D,55D,56D,57D,58D,59D. The van der Waals surface area contributed by atoms with Gasteiger partial charge in [0.05, 0.1) is 42.3 Å². The van der Waals surface area contributed by atoms with E-state index < -0.39 is 20.1 Å². The molecule has 18 aromatic rings. The molecule has 16 aromatic carbocycles. The third-order valence-electron chi connectivity index (χ3n) is 24.6. The van der Waals surface area contributed by atoms with Crippen LogP contribution < -0.4 is 92.0 Å². The van der Waals surface area contributed by atoms with E-state index in [0.717, 1.165) is 164 Å². The maximum absolute atomic E-state index is 11.7. The fraction of sp³-hybridized carbons (Fsp3) is 0.0566. The molecule has 0 fully saturated rings. The number of hydrogen-bond acceptors (Lipinski definition) is 11. The SMILES string of the molecule is [2H]c1c2c3c(c([2H])c1N(c1ccccc1)c1ccccc1)N(c1ccccc1)c1c(sc4ccccc14)B3c1cc3c(cc1N2)N(c1c(C)cc(C)cc1C)c1c([2H])c(N(c2ccccc2)c2ccccc2)c([2H])c2c1B3c1cc3c(cc1O2)N(c1c(C)cc(C)cc1C)c1c([2H])c(N(c2ccccc2)c2ccccc2)c([2H])c2c1B3c1sc3ccccc3c1O2. The largest absolute Gasteiger partial charge is 0.458 e. The Bertz CT molecular complexity index is 7510. The lowest BCUT2D eigenvalue weighted by Crippen LogP contribution is -2.65. The number of aryl methyl sites for hydroxylation is 6. The van der Waals surface area contributed by atoms with E-state index in [9.17, 15) is 8.22 Å². The third-order valence-corrected chi connectivity index (χ3v) is 27.1. The summed E-state index contributed by atoms with van der Waals surface area (Å²) in [4.78, 5) is 13.0. The summed E-state index contributed by atoms with van der Waals surface area (Å²) in [6.45, 7) is 10.8. The number of nitrogens with zero attached hydrogens (tertiary/aromatic N) is 6. The zero-order chi connectivity index (χ0) is 85.1. The number of hydrogen-bond donors (Lipinski definition) is 1. The van der Waals surface area contributed by atoms with Crippen LogP contribution in [0.4, 0.5) is 114 Å². The Kier molecular flexibility index (Phi) is 14.5. The summed E-state index contributed by atoms with van der Waals surface area (Å²) in [6, 6.07) is 106. The first-order valence-corrected chi connectivity index (χ1v) is 42.5. The van der Waals surface area contributed by atoms with Crippen LogP contribution in [0.1, 0.15) is 41.6 Å². The van der Waals surface area contributed by atoms with Gasteiger partial charge >= 0.3 is 0 Å². The Morgan fingerprint density at radius 1 is 0.300 bits per heavy atom. The van der Waals surface area contributed by atoms with Crippen LogP contribution in [0.25, 0.3) is 20.2 Å². The molecule has 9 nitrogen and oxygen atoms in total. The highest BCUT2D eigenvalue weighted by molar-refractivity contribution is 7.34. The quantitative estimate of drug-likeness (QED) is 0.121. The molecular weight excluding hydrogens is 1500 g/mol. The monoisotopic (exact) mass is 1580 g/mol. The zero-order valence-corrected chi connectivity index (χ0v) is 68.1. The minimum absolute atomic E-state index is 0.0168. The normalized spacial score (nSPS) is 13.9. The van der Waals surface area contributed by atoms with Crippen LogP contribution in [0.15, 0.2) is 346 Å². The number of para-hydroxylation sites is 7. The summed E-state index contributed by atoms with van der Waals surface area (Å²) < 4.78 is 87.7. The molecule has 0 unspecified atom stereocenters. The minimum atomic E-state index is -0.792. The lowest BCUT2D eigenvalue weighted by Gasteiger charge is -2.45. The van der Waals surface area contributed by atoms with Gasteiger partial charge in [-0.15, -0.1) is 22.7 Å². The summed E-state index contributed by atoms with van der Waals surface area (Å²) in [7, 11) is 0. The van der Waals surface area contributed by atoms with Crippen molar-refractivity contribution in [3.05, 3.63) is 379 Å². The summed E-state index contributed by atoms with van der Waals surface area (Å²) in [5.74, 6) is 1.78. The second-order valence-corrected chi connectivity index (χ2v) is 34.3. The molecule has 8 heterocycles. The summed E-state index contributed by atoms with van der Waals surface area (Å²) in [5, 5.41) is 6.08. The molecule has 120 heavy (non-hydrogen) atoms. The number of nitrogens with one attached hydrogen (secondary N) is 1. The van der Waals surface area contributed by atoms with Crippen molar-refractivity contribution < 1.29 is 17.7 Å². The van der Waals surface area contributed by atoms with Gasteiger partial charge in [0.15, 0.2) is 0 Å². The van der Waals surface area contributed by atoms with Crippen LogP contribution in [0.3, 0.4) is 0 Å². The van der Waals surface area contributed by atoms with E-state index in [2.05, 4.69) is 182 Å². The smallest absolute Gasteiger partial charge is 0.268 e. The first-order valence-electron chi connectivity index (χ1n) is 43.9. The van der Waals surface area contributed by atoms with E-state index in [4.69, 9.17) is 9.47 Å². The molecule has 1 N–H and O–H groups in total. The second kappa shape index (κ2) is 27.2. The van der Waals surface area contributed by atoms with Crippen molar-refractivity contribution in [2.75, 3.05) is 34.7 Å². The van der Waals surface area contributed by atoms with E-state index in [1.807, 2.05) is 204 Å². The molecule has 0 aliphatic carbocycles. The molecule has 0 amide bonds. The van der Waals surface area contributed by atoms with Gasteiger partial charge in [-0.25, -0.2) is 0 Å². The van der Waals surface area contributed by atoms with E-state index in [0.29, 0.717) is 68.0 Å². The lowest BCUT2D eigenvalue weighted by atomic mass is 9.30. The van der Waals surface area contributed by atoms with Crippen LogP contribution >= 0.6 is 22.7 Å². The Balaban J connectivity index is 0.842. The number of fused-ring (bicyclic) bond motifs is 16. The molecule has 24 rings (SSSR count). The minimum Gasteiger partial charge on any atom is -0.458 e. The second-order valence-electron chi connectivity index (χ2n) is 32.1. The number of thiophene rings is 2. The van der Waals surface area contributed by atoms with Gasteiger partial charge < -0.3 is 44.2 Å². The number of rotatable bonds is 12. The van der Waals surface area contributed by atoms with Crippen molar-refractivity contribution in [3.8, 4) is 23.0 Å². The fourth-order valence-electron chi connectivity index (χ4n) is 20.1. The molecule has 6 aliphatic heterocycles. The van der Waals surface area contributed by atoms with Gasteiger partial charge in [-0.2, -0.15) is 0 Å². The Morgan fingerprint density at radius 3 is 1.18 bits per heavy atom. The van der Waals surface area contributed by atoms with Gasteiger partial charge in [-0.3, -0.25) is 0 Å². The molecular formula is C106H76B3N7O2S2. The van der Waals surface area contributed by atoms with Crippen molar-refractivity contribution in [2.45, 2.75) is 41.5 Å². The Labute approximate surface area is 715 Å². The molecule has 0 radical (unpaired) electrons. The third kappa shape index (κ3) is 10.7. The molecule has 0 saturated heterocycles. The highest BCUT2D eigenvalue weighted by Crippen LogP contribution is 2.55. The number of anilines is 20. The predicted octanol–water partition coefficient (Wildman–Crippen LogP) is 23.5. The highest BCUT2D eigenvalue weighted by atomic mass is 32.1.